The monoisotopic (exact) mass is 374 g/mol. The Bertz CT molecular complexity index is 1150. The van der Waals surface area contributed by atoms with Gasteiger partial charge in [-0.1, -0.05) is 18.2 Å². The number of aromatic amines is 1. The average molecular weight is 374 g/mol. The third-order valence-electron chi connectivity index (χ3n) is 5.56. The van der Waals surface area contributed by atoms with Crippen LogP contribution in [-0.2, 0) is 6.42 Å². The van der Waals surface area contributed by atoms with Gasteiger partial charge in [0.15, 0.2) is 5.89 Å². The highest BCUT2D eigenvalue weighted by Crippen LogP contribution is 2.40. The zero-order valence-corrected chi connectivity index (χ0v) is 15.1. The summed E-state index contributed by atoms with van der Waals surface area (Å²) >= 11 is 0. The number of para-hydroxylation sites is 1. The van der Waals surface area contributed by atoms with E-state index in [1.54, 1.807) is 17.4 Å². The van der Waals surface area contributed by atoms with Crippen molar-refractivity contribution in [2.75, 3.05) is 6.54 Å². The van der Waals surface area contributed by atoms with E-state index in [4.69, 9.17) is 8.83 Å². The van der Waals surface area contributed by atoms with Gasteiger partial charge in [-0.15, -0.1) is 0 Å². The molecule has 0 bridgehead atoms. The maximum absolute atomic E-state index is 13.3. The number of benzene rings is 1. The summed E-state index contributed by atoms with van der Waals surface area (Å²) in [6.07, 6.45) is 6.09. The fourth-order valence-corrected chi connectivity index (χ4v) is 3.97. The number of aromatic nitrogens is 3. The molecule has 4 heterocycles. The van der Waals surface area contributed by atoms with Crippen LogP contribution >= 0.6 is 0 Å². The lowest BCUT2D eigenvalue weighted by molar-refractivity contribution is 0.0638. The Hall–Kier alpha value is -3.35. The molecule has 0 radical (unpaired) electrons. The van der Waals surface area contributed by atoms with E-state index >= 15 is 0 Å². The van der Waals surface area contributed by atoms with Gasteiger partial charge in [-0.3, -0.25) is 4.79 Å². The highest BCUT2D eigenvalue weighted by atomic mass is 16.4. The number of nitrogens with zero attached hydrogens (tertiary/aromatic N) is 3. The molecule has 1 atom stereocenters. The third-order valence-corrected chi connectivity index (χ3v) is 5.56. The van der Waals surface area contributed by atoms with Gasteiger partial charge in [-0.25, -0.2) is 9.97 Å². The maximum Gasteiger partial charge on any atom is 0.292 e. The second kappa shape index (κ2) is 5.82. The van der Waals surface area contributed by atoms with Gasteiger partial charge in [-0.05, 0) is 25.0 Å². The topological polar surface area (TPSA) is 88.2 Å². The second-order valence-electron chi connectivity index (χ2n) is 7.44. The van der Waals surface area contributed by atoms with E-state index in [1.165, 1.54) is 0 Å². The van der Waals surface area contributed by atoms with Crippen molar-refractivity contribution in [2.24, 2.45) is 0 Å². The van der Waals surface area contributed by atoms with Gasteiger partial charge in [0.2, 0.25) is 5.76 Å². The summed E-state index contributed by atoms with van der Waals surface area (Å²) in [6.45, 7) is 0.551. The van der Waals surface area contributed by atoms with E-state index in [0.29, 0.717) is 30.5 Å². The second-order valence-corrected chi connectivity index (χ2v) is 7.44. The SMILES string of the molecule is O=C(c1cnc(C2CC2)o1)N1CCc2[nH]cnc2[C@H]1c1cc2ccccc2o1. The summed E-state index contributed by atoms with van der Waals surface area (Å²) in [5.74, 6) is 1.83. The number of imidazole rings is 1. The average Bonchev–Trinajstić information content (AvgIpc) is 3.14. The molecule has 4 aromatic rings. The highest BCUT2D eigenvalue weighted by molar-refractivity contribution is 5.92. The van der Waals surface area contributed by atoms with Crippen molar-refractivity contribution in [1.29, 1.82) is 0 Å². The summed E-state index contributed by atoms with van der Waals surface area (Å²) in [6, 6.07) is 9.43. The van der Waals surface area contributed by atoms with Gasteiger partial charge < -0.3 is 18.7 Å². The first-order chi connectivity index (χ1) is 13.8. The summed E-state index contributed by atoms with van der Waals surface area (Å²) < 4.78 is 11.9. The van der Waals surface area contributed by atoms with Crippen LogP contribution in [0.4, 0.5) is 0 Å². The molecule has 6 rings (SSSR count). The molecule has 1 aromatic carbocycles. The summed E-state index contributed by atoms with van der Waals surface area (Å²) in [5.41, 5.74) is 2.65. The number of hydrogen-bond donors (Lipinski definition) is 1. The Kier molecular flexibility index (Phi) is 3.26. The van der Waals surface area contributed by atoms with Gasteiger partial charge in [0, 0.05) is 30.0 Å². The van der Waals surface area contributed by atoms with Gasteiger partial charge in [0.25, 0.3) is 5.91 Å². The Morgan fingerprint density at radius 3 is 2.93 bits per heavy atom. The number of fused-ring (bicyclic) bond motifs is 2. The van der Waals surface area contributed by atoms with Crippen molar-refractivity contribution >= 4 is 16.9 Å². The molecule has 1 aliphatic carbocycles. The molecule has 0 unspecified atom stereocenters. The fourth-order valence-electron chi connectivity index (χ4n) is 3.97. The predicted octanol–water partition coefficient (Wildman–Crippen LogP) is 3.81. The quantitative estimate of drug-likeness (QED) is 0.589. The molecule has 1 saturated carbocycles. The lowest BCUT2D eigenvalue weighted by Crippen LogP contribution is -2.40. The minimum atomic E-state index is -0.399. The first-order valence-electron chi connectivity index (χ1n) is 9.55. The molecule has 7 heteroatoms. The van der Waals surface area contributed by atoms with Gasteiger partial charge in [-0.2, -0.15) is 0 Å². The fraction of sp³-hybridized carbons (Fsp3) is 0.286. The molecular formula is C21H18N4O3. The number of carbonyl (C=O) groups is 1. The van der Waals surface area contributed by atoms with E-state index in [9.17, 15) is 4.79 Å². The van der Waals surface area contributed by atoms with Crippen molar-refractivity contribution in [3.63, 3.8) is 0 Å². The molecule has 0 saturated heterocycles. The molecule has 1 N–H and O–H groups in total. The molecule has 7 nitrogen and oxygen atoms in total. The third kappa shape index (κ3) is 2.39. The van der Waals surface area contributed by atoms with Crippen LogP contribution in [0.2, 0.25) is 0 Å². The lowest BCUT2D eigenvalue weighted by atomic mass is 10.00. The van der Waals surface area contributed by atoms with Crippen molar-refractivity contribution in [3.05, 3.63) is 71.7 Å². The molecule has 2 aliphatic rings. The molecule has 1 amide bonds. The van der Waals surface area contributed by atoms with Crippen molar-refractivity contribution in [3.8, 4) is 0 Å². The molecule has 3 aromatic heterocycles. The smallest absolute Gasteiger partial charge is 0.292 e. The number of rotatable bonds is 3. The number of hydrogen-bond acceptors (Lipinski definition) is 5. The van der Waals surface area contributed by atoms with Crippen LogP contribution in [0, 0.1) is 0 Å². The van der Waals surface area contributed by atoms with Gasteiger partial charge in [0.05, 0.1) is 18.2 Å². The molecular weight excluding hydrogens is 356 g/mol. The van der Waals surface area contributed by atoms with Crippen LogP contribution < -0.4 is 0 Å². The molecule has 140 valence electrons. The van der Waals surface area contributed by atoms with E-state index in [-0.39, 0.29) is 11.7 Å². The highest BCUT2D eigenvalue weighted by Gasteiger charge is 2.38. The predicted molar refractivity (Wildman–Crippen MR) is 99.9 cm³/mol. The largest absolute Gasteiger partial charge is 0.458 e. The maximum atomic E-state index is 13.3. The minimum Gasteiger partial charge on any atom is -0.458 e. The number of amides is 1. The van der Waals surface area contributed by atoms with Crippen molar-refractivity contribution < 1.29 is 13.6 Å². The van der Waals surface area contributed by atoms with Crippen LogP contribution in [-0.4, -0.2) is 32.3 Å². The van der Waals surface area contributed by atoms with Gasteiger partial charge in [0.1, 0.15) is 17.4 Å². The van der Waals surface area contributed by atoms with E-state index in [1.807, 2.05) is 30.3 Å². The lowest BCUT2D eigenvalue weighted by Gasteiger charge is -2.33. The molecule has 1 fully saturated rings. The summed E-state index contributed by atoms with van der Waals surface area (Å²) in [5, 5.41) is 1.00. The van der Waals surface area contributed by atoms with Gasteiger partial charge >= 0.3 is 0 Å². The van der Waals surface area contributed by atoms with Crippen LogP contribution in [0.25, 0.3) is 11.0 Å². The Morgan fingerprint density at radius 2 is 2.07 bits per heavy atom. The number of carbonyl (C=O) groups excluding carboxylic acids is 1. The number of nitrogens with one attached hydrogen (secondary N) is 1. The molecule has 1 aliphatic heterocycles. The number of oxazole rings is 1. The van der Waals surface area contributed by atoms with Crippen LogP contribution in [0.5, 0.6) is 0 Å². The first-order valence-corrected chi connectivity index (χ1v) is 9.55. The summed E-state index contributed by atoms with van der Waals surface area (Å²) in [4.78, 5) is 27.1. The minimum absolute atomic E-state index is 0.182. The summed E-state index contributed by atoms with van der Waals surface area (Å²) in [7, 11) is 0. The van der Waals surface area contributed by atoms with Crippen molar-refractivity contribution in [2.45, 2.75) is 31.2 Å². The molecule has 28 heavy (non-hydrogen) atoms. The zero-order valence-electron chi connectivity index (χ0n) is 15.1. The van der Waals surface area contributed by atoms with Crippen LogP contribution in [0.3, 0.4) is 0 Å². The first kappa shape index (κ1) is 15.7. The Morgan fingerprint density at radius 1 is 1.18 bits per heavy atom. The van der Waals surface area contributed by atoms with Crippen LogP contribution in [0.1, 0.15) is 58.4 Å². The zero-order chi connectivity index (χ0) is 18.7. The van der Waals surface area contributed by atoms with E-state index in [2.05, 4.69) is 15.0 Å². The van der Waals surface area contributed by atoms with E-state index < -0.39 is 6.04 Å². The standard InChI is InChI=1S/C21H18N4O3/c26-21(17-10-22-20(28-17)12-5-6-12)25-8-7-14-18(24-11-23-14)19(25)16-9-13-3-1-2-4-15(13)27-16/h1-4,9-12,19H,5-8H2,(H,23,24)/t19-/m1/s1. The van der Waals surface area contributed by atoms with Crippen molar-refractivity contribution in [1.82, 2.24) is 19.9 Å². The van der Waals surface area contributed by atoms with Crippen LogP contribution in [0.15, 0.2) is 51.7 Å². The number of furan rings is 1. The van der Waals surface area contributed by atoms with E-state index in [0.717, 1.165) is 35.2 Å². The number of H-pyrrole nitrogens is 1. The Labute approximate surface area is 160 Å². The normalized spacial score (nSPS) is 19.1. The molecule has 0 spiro atoms. The Balaban J connectivity index is 1.43.